The Labute approximate surface area is 163 Å². The van der Waals surface area contributed by atoms with Crippen LogP contribution in [0.5, 0.6) is 0 Å². The van der Waals surface area contributed by atoms with Crippen LogP contribution in [0.4, 0.5) is 10.6 Å². The van der Waals surface area contributed by atoms with E-state index < -0.39 is 18.2 Å². The molecule has 1 aromatic heterocycles. The van der Waals surface area contributed by atoms with Crippen molar-refractivity contribution in [2.24, 2.45) is 0 Å². The number of aromatic nitrogens is 1. The number of carboxylic acid groups (broad SMARTS) is 1. The maximum atomic E-state index is 12.3. The number of hydrogen-bond donors (Lipinski definition) is 1. The number of pyridine rings is 1. The Morgan fingerprint density at radius 3 is 2.36 bits per heavy atom. The molecule has 0 unspecified atom stereocenters. The molecule has 2 rings (SSSR count). The third-order valence-electron chi connectivity index (χ3n) is 4.12. The summed E-state index contributed by atoms with van der Waals surface area (Å²) in [5.41, 5.74) is 0.748. The van der Waals surface area contributed by atoms with E-state index in [0.29, 0.717) is 5.82 Å². The van der Waals surface area contributed by atoms with E-state index in [1.807, 2.05) is 6.07 Å². The van der Waals surface area contributed by atoms with Gasteiger partial charge < -0.3 is 14.7 Å². The zero-order chi connectivity index (χ0) is 20.5. The van der Waals surface area contributed by atoms with Crippen molar-refractivity contribution < 1.29 is 24.2 Å². The standard InChI is InChI=1S/C20H23N3O5/c1-22(13-11-18(24)23(2)17-10-6-7-12-21-17)20(27)28-16(19(25)26)14-15-8-4-3-5-9-15/h3-10,12,16H,11,13-14H2,1-2H3,(H,25,26)/t16-/m0/s1. The maximum Gasteiger partial charge on any atom is 0.410 e. The van der Waals surface area contributed by atoms with Gasteiger partial charge in [-0.05, 0) is 17.7 Å². The minimum Gasteiger partial charge on any atom is -0.478 e. The van der Waals surface area contributed by atoms with Crippen LogP contribution in [0.25, 0.3) is 0 Å². The molecule has 1 N–H and O–H groups in total. The average molecular weight is 385 g/mol. The predicted molar refractivity (Wildman–Crippen MR) is 103 cm³/mol. The topological polar surface area (TPSA) is 100 Å². The van der Waals surface area contributed by atoms with Crippen LogP contribution in [-0.4, -0.2) is 59.7 Å². The van der Waals surface area contributed by atoms with E-state index in [-0.39, 0.29) is 25.3 Å². The van der Waals surface area contributed by atoms with Crippen LogP contribution in [-0.2, 0) is 20.7 Å². The molecule has 0 radical (unpaired) electrons. The number of ether oxygens (including phenoxy) is 1. The number of carboxylic acids is 1. The maximum absolute atomic E-state index is 12.3. The summed E-state index contributed by atoms with van der Waals surface area (Å²) in [6.45, 7) is 0.0898. The second-order valence-electron chi connectivity index (χ2n) is 6.21. The number of rotatable bonds is 8. The molecular formula is C20H23N3O5. The zero-order valence-corrected chi connectivity index (χ0v) is 15.8. The van der Waals surface area contributed by atoms with E-state index in [1.165, 1.54) is 16.8 Å². The third kappa shape index (κ3) is 6.08. The van der Waals surface area contributed by atoms with Crippen molar-refractivity contribution in [3.05, 3.63) is 60.3 Å². The van der Waals surface area contributed by atoms with Crippen LogP contribution >= 0.6 is 0 Å². The van der Waals surface area contributed by atoms with Crippen LogP contribution in [0.2, 0.25) is 0 Å². The van der Waals surface area contributed by atoms with Gasteiger partial charge in [-0.25, -0.2) is 14.6 Å². The highest BCUT2D eigenvalue weighted by Gasteiger charge is 2.25. The summed E-state index contributed by atoms with van der Waals surface area (Å²) < 4.78 is 5.11. The van der Waals surface area contributed by atoms with Gasteiger partial charge in [0.05, 0.1) is 0 Å². The van der Waals surface area contributed by atoms with E-state index in [9.17, 15) is 19.5 Å². The molecule has 0 saturated heterocycles. The monoisotopic (exact) mass is 385 g/mol. The fourth-order valence-corrected chi connectivity index (χ4v) is 2.42. The van der Waals surface area contributed by atoms with Crippen molar-refractivity contribution >= 4 is 23.8 Å². The molecule has 0 fully saturated rings. The van der Waals surface area contributed by atoms with Gasteiger partial charge in [0.15, 0.2) is 0 Å². The van der Waals surface area contributed by atoms with Gasteiger partial charge >= 0.3 is 12.1 Å². The molecule has 8 heteroatoms. The van der Waals surface area contributed by atoms with Gasteiger partial charge in [-0.1, -0.05) is 36.4 Å². The molecule has 28 heavy (non-hydrogen) atoms. The Hall–Kier alpha value is -3.42. The molecule has 148 valence electrons. The predicted octanol–water partition coefficient (Wildman–Crippen LogP) is 2.20. The summed E-state index contributed by atoms with van der Waals surface area (Å²) in [4.78, 5) is 42.5. The lowest BCUT2D eigenvalue weighted by Crippen LogP contribution is -2.38. The molecule has 0 aliphatic heterocycles. The summed E-state index contributed by atoms with van der Waals surface area (Å²) in [5, 5.41) is 9.32. The van der Waals surface area contributed by atoms with Crippen molar-refractivity contribution in [3.63, 3.8) is 0 Å². The molecule has 0 spiro atoms. The number of carbonyl (C=O) groups is 3. The fourth-order valence-electron chi connectivity index (χ4n) is 2.42. The first-order valence-corrected chi connectivity index (χ1v) is 8.74. The lowest BCUT2D eigenvalue weighted by molar-refractivity contribution is -0.147. The van der Waals surface area contributed by atoms with E-state index in [0.717, 1.165) is 5.56 Å². The minimum absolute atomic E-state index is 0.0507. The normalized spacial score (nSPS) is 11.4. The minimum atomic E-state index is -1.30. The molecule has 0 bridgehead atoms. The average Bonchev–Trinajstić information content (AvgIpc) is 2.71. The highest BCUT2D eigenvalue weighted by Crippen LogP contribution is 2.10. The Kier molecular flexibility index (Phi) is 7.50. The Balaban J connectivity index is 1.86. The van der Waals surface area contributed by atoms with Crippen LogP contribution in [0.15, 0.2) is 54.7 Å². The molecule has 2 amide bonds. The molecule has 0 aliphatic rings. The van der Waals surface area contributed by atoms with E-state index >= 15 is 0 Å². The molecular weight excluding hydrogens is 362 g/mol. The van der Waals surface area contributed by atoms with Gasteiger partial charge in [0.2, 0.25) is 12.0 Å². The Morgan fingerprint density at radius 1 is 1.07 bits per heavy atom. The highest BCUT2D eigenvalue weighted by molar-refractivity contribution is 5.92. The first kappa shape index (κ1) is 20.9. The molecule has 1 heterocycles. The van der Waals surface area contributed by atoms with Crippen LogP contribution in [0.1, 0.15) is 12.0 Å². The molecule has 2 aromatic rings. The lowest BCUT2D eigenvalue weighted by Gasteiger charge is -2.22. The summed E-state index contributed by atoms with van der Waals surface area (Å²) in [7, 11) is 3.06. The number of nitrogens with zero attached hydrogens (tertiary/aromatic N) is 3. The molecule has 1 aromatic carbocycles. The van der Waals surface area contributed by atoms with E-state index in [4.69, 9.17) is 4.74 Å². The number of benzene rings is 1. The van der Waals surface area contributed by atoms with E-state index in [2.05, 4.69) is 4.98 Å². The first-order chi connectivity index (χ1) is 13.4. The van der Waals surface area contributed by atoms with Crippen molar-refractivity contribution in [1.82, 2.24) is 9.88 Å². The van der Waals surface area contributed by atoms with Gasteiger partial charge in [-0.15, -0.1) is 0 Å². The summed E-state index contributed by atoms with van der Waals surface area (Å²) in [6, 6.07) is 14.1. The highest BCUT2D eigenvalue weighted by atomic mass is 16.6. The van der Waals surface area contributed by atoms with Gasteiger partial charge in [0, 0.05) is 39.7 Å². The second kappa shape index (κ2) is 10.1. The van der Waals surface area contributed by atoms with E-state index in [1.54, 1.807) is 55.7 Å². The number of aliphatic carboxylic acids is 1. The fraction of sp³-hybridized carbons (Fsp3) is 0.300. The van der Waals surface area contributed by atoms with Crippen LogP contribution < -0.4 is 4.90 Å². The number of amides is 2. The quantitative estimate of drug-likeness (QED) is 0.748. The molecule has 0 saturated carbocycles. The number of anilines is 1. The van der Waals surface area contributed by atoms with Gasteiger partial charge in [-0.3, -0.25) is 9.69 Å². The van der Waals surface area contributed by atoms with Crippen molar-refractivity contribution in [2.45, 2.75) is 18.9 Å². The van der Waals surface area contributed by atoms with Gasteiger partial charge in [0.25, 0.3) is 0 Å². The molecule has 0 aliphatic carbocycles. The summed E-state index contributed by atoms with van der Waals surface area (Å²) in [6.07, 6.45) is -0.394. The van der Waals surface area contributed by atoms with Gasteiger partial charge in [0.1, 0.15) is 5.82 Å². The smallest absolute Gasteiger partial charge is 0.410 e. The number of hydrogen-bond acceptors (Lipinski definition) is 5. The Morgan fingerprint density at radius 2 is 1.75 bits per heavy atom. The first-order valence-electron chi connectivity index (χ1n) is 8.74. The number of carbonyl (C=O) groups excluding carboxylic acids is 2. The van der Waals surface area contributed by atoms with Crippen LogP contribution in [0, 0.1) is 0 Å². The Bertz CT molecular complexity index is 798. The SMILES string of the molecule is CN(CCC(=O)N(C)c1ccccn1)C(=O)O[C@@H](Cc1ccccc1)C(=O)O. The lowest BCUT2D eigenvalue weighted by atomic mass is 10.1. The van der Waals surface area contributed by atoms with Crippen molar-refractivity contribution in [3.8, 4) is 0 Å². The molecule has 8 nitrogen and oxygen atoms in total. The van der Waals surface area contributed by atoms with Crippen LogP contribution in [0.3, 0.4) is 0 Å². The second-order valence-corrected chi connectivity index (χ2v) is 6.21. The summed E-state index contributed by atoms with van der Waals surface area (Å²) >= 11 is 0. The zero-order valence-electron chi connectivity index (χ0n) is 15.8. The summed E-state index contributed by atoms with van der Waals surface area (Å²) in [5.74, 6) is -0.944. The largest absolute Gasteiger partial charge is 0.478 e. The van der Waals surface area contributed by atoms with Crippen molar-refractivity contribution in [1.29, 1.82) is 0 Å². The van der Waals surface area contributed by atoms with Crippen molar-refractivity contribution in [2.75, 3.05) is 25.5 Å². The van der Waals surface area contributed by atoms with Gasteiger partial charge in [-0.2, -0.15) is 0 Å². The molecule has 1 atom stereocenters. The third-order valence-corrected chi connectivity index (χ3v) is 4.12.